The molecule has 1 amide bonds. The highest BCUT2D eigenvalue weighted by Crippen LogP contribution is 2.17. The number of hydrogen-bond donors (Lipinski definition) is 1. The number of halogens is 1. The van der Waals surface area contributed by atoms with Gasteiger partial charge in [0.15, 0.2) is 6.10 Å². The van der Waals surface area contributed by atoms with Crippen molar-refractivity contribution in [3.63, 3.8) is 0 Å². The summed E-state index contributed by atoms with van der Waals surface area (Å²) in [7, 11) is 0. The lowest BCUT2D eigenvalue weighted by atomic mass is 10.2. The molecule has 1 N–H and O–H groups in total. The molecule has 5 heteroatoms. The first-order valence-electron chi connectivity index (χ1n) is 8.00. The second-order valence-corrected chi connectivity index (χ2v) is 5.73. The number of benzene rings is 2. The van der Waals surface area contributed by atoms with Crippen LogP contribution in [0.2, 0.25) is 5.02 Å². The lowest BCUT2D eigenvalue weighted by Gasteiger charge is -2.17. The largest absolute Gasteiger partial charge is 0.481 e. The van der Waals surface area contributed by atoms with E-state index in [9.17, 15) is 4.79 Å². The van der Waals surface area contributed by atoms with Crippen LogP contribution < -0.4 is 10.1 Å². The molecule has 0 fully saturated rings. The van der Waals surface area contributed by atoms with Crippen molar-refractivity contribution in [3.05, 3.63) is 65.2 Å². The highest BCUT2D eigenvalue weighted by molar-refractivity contribution is 6.30. The molecule has 0 saturated heterocycles. The topological polar surface area (TPSA) is 47.6 Å². The Kier molecular flexibility index (Phi) is 7.59. The van der Waals surface area contributed by atoms with Gasteiger partial charge in [-0.05, 0) is 36.2 Å². The molecule has 24 heavy (non-hydrogen) atoms. The zero-order chi connectivity index (χ0) is 17.2. The fourth-order valence-corrected chi connectivity index (χ4v) is 2.25. The summed E-state index contributed by atoms with van der Waals surface area (Å²) in [5.74, 6) is 0.484. The van der Waals surface area contributed by atoms with Crippen LogP contribution in [0.3, 0.4) is 0 Å². The minimum atomic E-state index is -0.528. The normalized spacial score (nSPS) is 11.8. The molecule has 4 nitrogen and oxygen atoms in total. The lowest BCUT2D eigenvalue weighted by Crippen LogP contribution is -2.39. The Hall–Kier alpha value is -2.04. The van der Waals surface area contributed by atoms with Crippen LogP contribution in [0, 0.1) is 0 Å². The van der Waals surface area contributed by atoms with Crippen molar-refractivity contribution < 1.29 is 14.3 Å². The molecule has 0 saturated carbocycles. The molecule has 2 aromatic rings. The summed E-state index contributed by atoms with van der Waals surface area (Å²) in [6, 6.07) is 16.9. The van der Waals surface area contributed by atoms with Crippen LogP contribution >= 0.6 is 11.6 Å². The van der Waals surface area contributed by atoms with Gasteiger partial charge in [0.1, 0.15) is 5.75 Å². The van der Waals surface area contributed by atoms with E-state index in [1.807, 2.05) is 37.3 Å². The van der Waals surface area contributed by atoms with E-state index in [1.54, 1.807) is 24.3 Å². The summed E-state index contributed by atoms with van der Waals surface area (Å²) in [6.45, 7) is 3.35. The van der Waals surface area contributed by atoms with Crippen molar-refractivity contribution in [1.29, 1.82) is 0 Å². The molecule has 128 valence electrons. The summed E-state index contributed by atoms with van der Waals surface area (Å²) >= 11 is 5.84. The minimum absolute atomic E-state index is 0.143. The lowest BCUT2D eigenvalue weighted by molar-refractivity contribution is -0.128. The summed E-state index contributed by atoms with van der Waals surface area (Å²) in [5.41, 5.74) is 1.11. The number of rotatable bonds is 9. The molecule has 0 heterocycles. The van der Waals surface area contributed by atoms with Crippen LogP contribution in [0.25, 0.3) is 0 Å². The van der Waals surface area contributed by atoms with Crippen molar-refractivity contribution >= 4 is 17.5 Å². The Morgan fingerprint density at radius 2 is 1.83 bits per heavy atom. The van der Waals surface area contributed by atoms with Crippen LogP contribution in [0.4, 0.5) is 0 Å². The monoisotopic (exact) mass is 347 g/mol. The first kappa shape index (κ1) is 18.3. The Balaban J connectivity index is 1.68. The smallest absolute Gasteiger partial charge is 0.261 e. The van der Waals surface area contributed by atoms with Crippen LogP contribution in [-0.4, -0.2) is 25.2 Å². The number of nitrogens with one attached hydrogen (secondary N) is 1. The van der Waals surface area contributed by atoms with Gasteiger partial charge in [0.25, 0.3) is 5.91 Å². The van der Waals surface area contributed by atoms with E-state index in [1.165, 1.54) is 0 Å². The van der Waals surface area contributed by atoms with Gasteiger partial charge in [0.2, 0.25) is 0 Å². The van der Waals surface area contributed by atoms with Gasteiger partial charge in [-0.1, -0.05) is 48.9 Å². The highest BCUT2D eigenvalue weighted by Gasteiger charge is 2.17. The Labute approximate surface area is 147 Å². The maximum Gasteiger partial charge on any atom is 0.261 e. The zero-order valence-corrected chi connectivity index (χ0v) is 14.5. The Morgan fingerprint density at radius 1 is 1.12 bits per heavy atom. The first-order chi connectivity index (χ1) is 11.7. The minimum Gasteiger partial charge on any atom is -0.481 e. The third-order valence-corrected chi connectivity index (χ3v) is 3.66. The van der Waals surface area contributed by atoms with Gasteiger partial charge in [0, 0.05) is 11.6 Å². The fourth-order valence-electron chi connectivity index (χ4n) is 2.12. The van der Waals surface area contributed by atoms with Gasteiger partial charge in [-0.3, -0.25) is 4.79 Å². The second-order valence-electron chi connectivity index (χ2n) is 5.30. The second kappa shape index (κ2) is 9.96. The van der Waals surface area contributed by atoms with Gasteiger partial charge in [-0.2, -0.15) is 0 Å². The van der Waals surface area contributed by atoms with Crippen molar-refractivity contribution in [2.24, 2.45) is 0 Å². The molecule has 1 atom stereocenters. The highest BCUT2D eigenvalue weighted by atomic mass is 35.5. The van der Waals surface area contributed by atoms with E-state index in [0.717, 1.165) is 5.56 Å². The van der Waals surface area contributed by atoms with Crippen LogP contribution in [0.5, 0.6) is 5.75 Å². The molecule has 0 aliphatic rings. The average Bonchev–Trinajstić information content (AvgIpc) is 2.61. The van der Waals surface area contributed by atoms with Crippen molar-refractivity contribution in [1.82, 2.24) is 5.32 Å². The molecule has 0 radical (unpaired) electrons. The number of ether oxygens (including phenoxy) is 2. The number of hydrogen-bond acceptors (Lipinski definition) is 3. The zero-order valence-electron chi connectivity index (χ0n) is 13.7. The van der Waals surface area contributed by atoms with Gasteiger partial charge in [-0.15, -0.1) is 0 Å². The first-order valence-corrected chi connectivity index (χ1v) is 8.38. The molecule has 0 aliphatic heterocycles. The van der Waals surface area contributed by atoms with E-state index in [-0.39, 0.29) is 5.91 Å². The SMILES string of the molecule is CCC(Oc1ccc(Cl)cc1)C(=O)NCCOCc1ccccc1. The maximum absolute atomic E-state index is 12.2. The van der Waals surface area contributed by atoms with E-state index < -0.39 is 6.10 Å². The molecule has 2 aromatic carbocycles. The molecule has 0 aliphatic carbocycles. The van der Waals surface area contributed by atoms with E-state index >= 15 is 0 Å². The van der Waals surface area contributed by atoms with Crippen LogP contribution in [0.15, 0.2) is 54.6 Å². The summed E-state index contributed by atoms with van der Waals surface area (Å²) < 4.78 is 11.2. The quantitative estimate of drug-likeness (QED) is 0.701. The third-order valence-electron chi connectivity index (χ3n) is 3.41. The molecular formula is C19H22ClNO3. The maximum atomic E-state index is 12.2. The van der Waals surface area contributed by atoms with E-state index in [0.29, 0.717) is 37.0 Å². The van der Waals surface area contributed by atoms with Gasteiger partial charge < -0.3 is 14.8 Å². The molecule has 0 aromatic heterocycles. The molecule has 1 unspecified atom stereocenters. The standard InChI is InChI=1S/C19H22ClNO3/c1-2-18(24-17-10-8-16(20)9-11-17)19(22)21-12-13-23-14-15-6-4-3-5-7-15/h3-11,18H,2,12-14H2,1H3,(H,21,22). The summed E-state index contributed by atoms with van der Waals surface area (Å²) in [4.78, 5) is 12.2. The summed E-state index contributed by atoms with van der Waals surface area (Å²) in [6.07, 6.45) is 0.0552. The summed E-state index contributed by atoms with van der Waals surface area (Å²) in [5, 5.41) is 3.47. The third kappa shape index (κ3) is 6.22. The van der Waals surface area contributed by atoms with Gasteiger partial charge >= 0.3 is 0 Å². The molecular weight excluding hydrogens is 326 g/mol. The van der Waals surface area contributed by atoms with Crippen LogP contribution in [-0.2, 0) is 16.1 Å². The number of amides is 1. The van der Waals surface area contributed by atoms with Gasteiger partial charge in [-0.25, -0.2) is 0 Å². The number of carbonyl (C=O) groups excluding carboxylic acids is 1. The van der Waals surface area contributed by atoms with Crippen molar-refractivity contribution in [2.45, 2.75) is 26.1 Å². The van der Waals surface area contributed by atoms with Crippen molar-refractivity contribution in [3.8, 4) is 5.75 Å². The Bertz CT molecular complexity index is 616. The van der Waals surface area contributed by atoms with Crippen molar-refractivity contribution in [2.75, 3.05) is 13.2 Å². The molecule has 0 bridgehead atoms. The molecule has 0 spiro atoms. The van der Waals surface area contributed by atoms with Gasteiger partial charge in [0.05, 0.1) is 13.2 Å². The van der Waals surface area contributed by atoms with Crippen LogP contribution in [0.1, 0.15) is 18.9 Å². The number of carbonyl (C=O) groups is 1. The van der Waals surface area contributed by atoms with E-state index in [4.69, 9.17) is 21.1 Å². The predicted molar refractivity (Wildman–Crippen MR) is 95.3 cm³/mol. The average molecular weight is 348 g/mol. The molecule has 2 rings (SSSR count). The van der Waals surface area contributed by atoms with E-state index in [2.05, 4.69) is 5.32 Å². The Morgan fingerprint density at radius 3 is 2.50 bits per heavy atom. The predicted octanol–water partition coefficient (Wildman–Crippen LogP) is 3.83. The fraction of sp³-hybridized carbons (Fsp3) is 0.316.